The zero-order chi connectivity index (χ0) is 20.7. The fourth-order valence-corrected chi connectivity index (χ4v) is 3.67. The number of carbonyl (C=O) groups is 1. The van der Waals surface area contributed by atoms with Crippen LogP contribution in [0.15, 0.2) is 30.3 Å². The first-order valence-corrected chi connectivity index (χ1v) is 11.5. The van der Waals surface area contributed by atoms with Gasteiger partial charge < -0.3 is 26.2 Å². The lowest BCUT2D eigenvalue weighted by atomic mass is 10.0. The molecule has 0 aliphatic heterocycles. The van der Waals surface area contributed by atoms with E-state index in [-0.39, 0.29) is 29.0 Å². The van der Waals surface area contributed by atoms with E-state index in [0.29, 0.717) is 10.2 Å². The Kier molecular flexibility index (Phi) is 16.4. The summed E-state index contributed by atoms with van der Waals surface area (Å²) in [5.74, 6) is 0.530. The van der Waals surface area contributed by atoms with Gasteiger partial charge in [-0.15, -0.1) is 0 Å². The van der Waals surface area contributed by atoms with E-state index in [9.17, 15) is 4.79 Å². The Morgan fingerprint density at radius 3 is 1.69 bits per heavy atom. The molecule has 0 radical (unpaired) electrons. The summed E-state index contributed by atoms with van der Waals surface area (Å²) >= 11 is 0. The van der Waals surface area contributed by atoms with Crippen LogP contribution in [0.1, 0.15) is 90.4 Å². The van der Waals surface area contributed by atoms with E-state index >= 15 is 0 Å². The van der Waals surface area contributed by atoms with Gasteiger partial charge in [-0.05, 0) is 18.6 Å². The molecule has 0 bridgehead atoms. The first-order valence-electron chi connectivity index (χ1n) is 11.5. The molecule has 1 aromatic rings. The summed E-state index contributed by atoms with van der Waals surface area (Å²) in [5, 5.41) is 0. The third kappa shape index (κ3) is 13.9. The Morgan fingerprint density at radius 2 is 1.24 bits per heavy atom. The molecule has 3 nitrogen and oxygen atoms in total. The standard InChI is InChI=1S/C25H44NO2.BrH/c1-5-6-7-8-9-10-11-12-13-14-15-19-22-24(26(2,3)4)25(27)28-23-20-17-16-18-21-23;/h16-18,20-21,24H,5-15,19,22H2,1-4H3;1H/q+1;/p-1. The second-order valence-electron chi connectivity index (χ2n) is 9.04. The number of halogens is 1. The minimum absolute atomic E-state index is 0. The molecule has 1 rings (SSSR count). The lowest BCUT2D eigenvalue weighted by molar-refractivity contribution is -0.887. The van der Waals surface area contributed by atoms with Gasteiger partial charge in [-0.2, -0.15) is 0 Å². The highest BCUT2D eigenvalue weighted by Gasteiger charge is 2.32. The minimum atomic E-state index is -0.109. The van der Waals surface area contributed by atoms with E-state index in [1.54, 1.807) is 0 Å². The molecule has 0 amide bonds. The van der Waals surface area contributed by atoms with Crippen LogP contribution in [0.5, 0.6) is 5.75 Å². The number of rotatable bonds is 16. The van der Waals surface area contributed by atoms with Crippen molar-refractivity contribution >= 4 is 5.97 Å². The summed E-state index contributed by atoms with van der Waals surface area (Å²) in [6.07, 6.45) is 16.9. The van der Waals surface area contributed by atoms with Crippen molar-refractivity contribution in [2.45, 2.75) is 96.4 Å². The quantitative estimate of drug-likeness (QED) is 0.159. The minimum Gasteiger partial charge on any atom is -1.00 e. The summed E-state index contributed by atoms with van der Waals surface area (Å²) in [7, 11) is 6.24. The van der Waals surface area contributed by atoms with Gasteiger partial charge in [0.05, 0.1) is 21.1 Å². The van der Waals surface area contributed by atoms with E-state index in [1.165, 1.54) is 70.6 Å². The average molecular weight is 471 g/mol. The number of unbranched alkanes of at least 4 members (excludes halogenated alkanes) is 11. The fourth-order valence-electron chi connectivity index (χ4n) is 3.67. The Hall–Kier alpha value is -0.870. The molecule has 0 aliphatic carbocycles. The smallest absolute Gasteiger partial charge is 0.370 e. The number of carbonyl (C=O) groups excluding carboxylic acids is 1. The largest absolute Gasteiger partial charge is 1.00 e. The Bertz CT molecular complexity index is 513. The van der Waals surface area contributed by atoms with Gasteiger partial charge in [-0.25, -0.2) is 4.79 Å². The number of esters is 1. The number of hydrogen-bond donors (Lipinski definition) is 0. The fraction of sp³-hybridized carbons (Fsp3) is 0.720. The number of hydrogen-bond acceptors (Lipinski definition) is 2. The van der Waals surface area contributed by atoms with Crippen LogP contribution in [0.2, 0.25) is 0 Å². The average Bonchev–Trinajstić information content (AvgIpc) is 2.65. The molecule has 0 saturated carbocycles. The summed E-state index contributed by atoms with van der Waals surface area (Å²) in [6, 6.07) is 9.30. The van der Waals surface area contributed by atoms with Crippen molar-refractivity contribution in [3.05, 3.63) is 30.3 Å². The molecule has 0 heterocycles. The summed E-state index contributed by atoms with van der Waals surface area (Å²) in [6.45, 7) is 2.27. The van der Waals surface area contributed by atoms with Crippen LogP contribution in [0.25, 0.3) is 0 Å². The van der Waals surface area contributed by atoms with Crippen LogP contribution in [-0.2, 0) is 4.79 Å². The van der Waals surface area contributed by atoms with Crippen LogP contribution in [-0.4, -0.2) is 37.6 Å². The van der Waals surface area contributed by atoms with Crippen LogP contribution in [0, 0.1) is 0 Å². The van der Waals surface area contributed by atoms with Gasteiger partial charge in [0.2, 0.25) is 0 Å². The third-order valence-corrected chi connectivity index (χ3v) is 5.50. The van der Waals surface area contributed by atoms with Crippen molar-refractivity contribution in [1.82, 2.24) is 0 Å². The van der Waals surface area contributed by atoms with Gasteiger partial charge in [0.1, 0.15) is 5.75 Å². The van der Waals surface area contributed by atoms with E-state index in [0.717, 1.165) is 12.8 Å². The predicted octanol–water partition coefficient (Wildman–Crippen LogP) is 3.76. The van der Waals surface area contributed by atoms with E-state index in [4.69, 9.17) is 4.74 Å². The number of nitrogens with zero attached hydrogens (tertiary/aromatic N) is 1. The molecule has 1 unspecified atom stereocenters. The van der Waals surface area contributed by atoms with Crippen molar-refractivity contribution < 1.29 is 31.0 Å². The molecule has 0 fully saturated rings. The molecule has 168 valence electrons. The molecule has 1 aromatic carbocycles. The number of benzene rings is 1. The summed E-state index contributed by atoms with van der Waals surface area (Å²) < 4.78 is 6.22. The Morgan fingerprint density at radius 1 is 0.793 bits per heavy atom. The second kappa shape index (κ2) is 16.9. The molecule has 1 atom stereocenters. The highest BCUT2D eigenvalue weighted by Crippen LogP contribution is 2.18. The van der Waals surface area contributed by atoms with Gasteiger partial charge in [-0.3, -0.25) is 0 Å². The highest BCUT2D eigenvalue weighted by molar-refractivity contribution is 5.77. The van der Waals surface area contributed by atoms with Gasteiger partial charge in [0.15, 0.2) is 6.04 Å². The summed E-state index contributed by atoms with van der Waals surface area (Å²) in [4.78, 5) is 12.7. The first kappa shape index (κ1) is 28.1. The normalized spacial score (nSPS) is 12.3. The number of ether oxygens (including phenoxy) is 1. The van der Waals surface area contributed by atoms with Crippen LogP contribution >= 0.6 is 0 Å². The Balaban J connectivity index is 0.00000784. The third-order valence-electron chi connectivity index (χ3n) is 5.50. The molecule has 0 aromatic heterocycles. The van der Waals surface area contributed by atoms with Gasteiger partial charge in [0.25, 0.3) is 0 Å². The number of para-hydroxylation sites is 1. The SMILES string of the molecule is CCCCCCCCCCCCCCC(C(=O)Oc1ccccc1)[N+](C)(C)C.[Br-]. The molecular formula is C25H44BrNO2. The van der Waals surface area contributed by atoms with E-state index < -0.39 is 0 Å². The lowest BCUT2D eigenvalue weighted by Crippen LogP contribution is -3.00. The van der Waals surface area contributed by atoms with E-state index in [2.05, 4.69) is 28.1 Å². The number of likely N-dealkylation sites (N-methyl/N-ethyl adjacent to an activating group) is 1. The lowest BCUT2D eigenvalue weighted by Gasteiger charge is -2.32. The molecule has 29 heavy (non-hydrogen) atoms. The maximum atomic E-state index is 12.7. The van der Waals surface area contributed by atoms with Crippen LogP contribution in [0.3, 0.4) is 0 Å². The molecule has 0 N–H and O–H groups in total. The van der Waals surface area contributed by atoms with Crippen molar-refractivity contribution in [3.8, 4) is 5.75 Å². The first-order chi connectivity index (χ1) is 13.4. The van der Waals surface area contributed by atoms with Gasteiger partial charge in [0, 0.05) is 6.42 Å². The second-order valence-corrected chi connectivity index (χ2v) is 9.04. The van der Waals surface area contributed by atoms with E-state index in [1.807, 2.05) is 30.3 Å². The van der Waals surface area contributed by atoms with Crippen molar-refractivity contribution in [1.29, 1.82) is 0 Å². The zero-order valence-electron chi connectivity index (χ0n) is 19.3. The molecule has 0 saturated heterocycles. The molecular weight excluding hydrogens is 426 g/mol. The Labute approximate surface area is 190 Å². The van der Waals surface area contributed by atoms with Crippen molar-refractivity contribution in [2.75, 3.05) is 21.1 Å². The molecule has 0 spiro atoms. The highest BCUT2D eigenvalue weighted by atomic mass is 79.9. The molecule has 4 heteroatoms. The maximum Gasteiger partial charge on any atom is 0.370 e. The predicted molar refractivity (Wildman–Crippen MR) is 120 cm³/mol. The maximum absolute atomic E-state index is 12.7. The van der Waals surface area contributed by atoms with Crippen LogP contribution in [0.4, 0.5) is 0 Å². The topological polar surface area (TPSA) is 26.3 Å². The zero-order valence-corrected chi connectivity index (χ0v) is 20.9. The number of quaternary nitrogens is 1. The summed E-state index contributed by atoms with van der Waals surface area (Å²) in [5.41, 5.74) is 0. The van der Waals surface area contributed by atoms with Crippen LogP contribution < -0.4 is 21.7 Å². The van der Waals surface area contributed by atoms with Gasteiger partial charge >= 0.3 is 5.97 Å². The molecule has 0 aliphatic rings. The van der Waals surface area contributed by atoms with Crippen molar-refractivity contribution in [2.24, 2.45) is 0 Å². The van der Waals surface area contributed by atoms with Gasteiger partial charge in [-0.1, -0.05) is 95.8 Å². The van der Waals surface area contributed by atoms with Crippen molar-refractivity contribution in [3.63, 3.8) is 0 Å². The monoisotopic (exact) mass is 469 g/mol.